The number of nitrogens with two attached hydrogens (primary N) is 1. The van der Waals surface area contributed by atoms with Crippen molar-refractivity contribution < 1.29 is 14.0 Å². The Labute approximate surface area is 142 Å². The largest absolute Gasteiger partial charge is 0.490 e. The number of rotatable bonds is 7. The monoisotopic (exact) mass is 331 g/mol. The van der Waals surface area contributed by atoms with Crippen molar-refractivity contribution in [2.24, 2.45) is 5.73 Å². The molecule has 0 saturated heterocycles. The van der Waals surface area contributed by atoms with Crippen molar-refractivity contribution in [3.05, 3.63) is 24.0 Å². The summed E-state index contributed by atoms with van der Waals surface area (Å²) in [5.74, 6) is 2.48. The molecule has 1 aliphatic rings. The maximum atomic E-state index is 6.40. The molecule has 2 aromatic rings. The smallest absolute Gasteiger partial charge is 0.258 e. The van der Waals surface area contributed by atoms with Gasteiger partial charge in [-0.15, -0.1) is 0 Å². The van der Waals surface area contributed by atoms with Gasteiger partial charge in [-0.2, -0.15) is 4.98 Å². The molecule has 0 bridgehead atoms. The SMILES string of the molecule is CCCOc1ccc(-c2nc(C3(N)CCCC3)no2)cc1OCC. The van der Waals surface area contributed by atoms with E-state index in [0.717, 1.165) is 43.4 Å². The molecule has 3 rings (SSSR count). The third-order valence-electron chi connectivity index (χ3n) is 4.32. The third-order valence-corrected chi connectivity index (χ3v) is 4.32. The molecule has 1 aromatic heterocycles. The predicted molar refractivity (Wildman–Crippen MR) is 91.0 cm³/mol. The second-order valence-electron chi connectivity index (χ2n) is 6.23. The second-order valence-corrected chi connectivity index (χ2v) is 6.23. The van der Waals surface area contributed by atoms with Crippen LogP contribution in [0.15, 0.2) is 22.7 Å². The van der Waals surface area contributed by atoms with Crippen LogP contribution in [0.1, 0.15) is 51.8 Å². The van der Waals surface area contributed by atoms with Crippen LogP contribution in [0.2, 0.25) is 0 Å². The first kappa shape index (κ1) is 16.8. The molecule has 1 aliphatic carbocycles. The molecule has 0 unspecified atom stereocenters. The van der Waals surface area contributed by atoms with E-state index in [-0.39, 0.29) is 0 Å². The number of hydrogen-bond donors (Lipinski definition) is 1. The van der Waals surface area contributed by atoms with Crippen LogP contribution in [0, 0.1) is 0 Å². The van der Waals surface area contributed by atoms with Crippen LogP contribution in [-0.2, 0) is 5.54 Å². The lowest BCUT2D eigenvalue weighted by molar-refractivity contribution is 0.277. The predicted octanol–water partition coefficient (Wildman–Crippen LogP) is 3.65. The van der Waals surface area contributed by atoms with Crippen LogP contribution in [0.4, 0.5) is 0 Å². The van der Waals surface area contributed by atoms with Gasteiger partial charge in [0, 0.05) is 5.56 Å². The lowest BCUT2D eigenvalue weighted by Crippen LogP contribution is -2.34. The molecule has 1 aromatic carbocycles. The number of ether oxygens (including phenoxy) is 2. The molecule has 1 heterocycles. The fraction of sp³-hybridized carbons (Fsp3) is 0.556. The first-order valence-corrected chi connectivity index (χ1v) is 8.69. The van der Waals surface area contributed by atoms with Gasteiger partial charge in [0.05, 0.1) is 18.8 Å². The number of hydrogen-bond acceptors (Lipinski definition) is 6. The Kier molecular flexibility index (Phi) is 5.04. The van der Waals surface area contributed by atoms with E-state index in [1.54, 1.807) is 0 Å². The number of aromatic nitrogens is 2. The standard InChI is InChI=1S/C18H25N3O3/c1-3-11-23-14-8-7-13(12-15(14)22-4-2)16-20-17(21-24-16)18(19)9-5-6-10-18/h7-8,12H,3-6,9-11,19H2,1-2H3. The quantitative estimate of drug-likeness (QED) is 0.833. The summed E-state index contributed by atoms with van der Waals surface area (Å²) >= 11 is 0. The minimum absolute atomic E-state index is 0.450. The van der Waals surface area contributed by atoms with Gasteiger partial charge in [-0.05, 0) is 44.4 Å². The summed E-state index contributed by atoms with van der Waals surface area (Å²) in [5.41, 5.74) is 6.76. The van der Waals surface area contributed by atoms with Crippen LogP contribution in [0.5, 0.6) is 11.5 Å². The van der Waals surface area contributed by atoms with Crippen molar-refractivity contribution >= 4 is 0 Å². The minimum Gasteiger partial charge on any atom is -0.490 e. The number of benzene rings is 1. The summed E-state index contributed by atoms with van der Waals surface area (Å²) in [7, 11) is 0. The average molecular weight is 331 g/mol. The Morgan fingerprint density at radius 3 is 2.67 bits per heavy atom. The molecular formula is C18H25N3O3. The highest BCUT2D eigenvalue weighted by atomic mass is 16.5. The fourth-order valence-electron chi connectivity index (χ4n) is 3.01. The van der Waals surface area contributed by atoms with Gasteiger partial charge >= 0.3 is 0 Å². The third kappa shape index (κ3) is 3.38. The van der Waals surface area contributed by atoms with Crippen molar-refractivity contribution in [2.45, 2.75) is 51.5 Å². The minimum atomic E-state index is -0.450. The van der Waals surface area contributed by atoms with E-state index in [4.69, 9.17) is 19.7 Å². The molecule has 6 nitrogen and oxygen atoms in total. The van der Waals surface area contributed by atoms with Gasteiger partial charge < -0.3 is 19.7 Å². The Morgan fingerprint density at radius 2 is 1.96 bits per heavy atom. The van der Waals surface area contributed by atoms with Crippen LogP contribution in [-0.4, -0.2) is 23.4 Å². The van der Waals surface area contributed by atoms with Gasteiger partial charge in [-0.25, -0.2) is 0 Å². The first-order valence-electron chi connectivity index (χ1n) is 8.69. The first-order chi connectivity index (χ1) is 11.7. The van der Waals surface area contributed by atoms with E-state index in [1.807, 2.05) is 25.1 Å². The van der Waals surface area contributed by atoms with Gasteiger partial charge in [0.15, 0.2) is 17.3 Å². The molecule has 0 amide bonds. The summed E-state index contributed by atoms with van der Waals surface area (Å²) < 4.78 is 16.8. The molecular weight excluding hydrogens is 306 g/mol. The maximum absolute atomic E-state index is 6.40. The van der Waals surface area contributed by atoms with Crippen molar-refractivity contribution in [3.8, 4) is 23.0 Å². The molecule has 130 valence electrons. The Balaban J connectivity index is 1.86. The van der Waals surface area contributed by atoms with E-state index in [0.29, 0.717) is 30.7 Å². The van der Waals surface area contributed by atoms with E-state index in [2.05, 4.69) is 17.1 Å². The van der Waals surface area contributed by atoms with Gasteiger partial charge in [0.2, 0.25) is 0 Å². The van der Waals surface area contributed by atoms with Gasteiger partial charge in [0.1, 0.15) is 0 Å². The highest BCUT2D eigenvalue weighted by Crippen LogP contribution is 2.37. The Morgan fingerprint density at radius 1 is 1.17 bits per heavy atom. The lowest BCUT2D eigenvalue weighted by atomic mass is 9.99. The normalized spacial score (nSPS) is 16.3. The van der Waals surface area contributed by atoms with E-state index in [9.17, 15) is 0 Å². The van der Waals surface area contributed by atoms with Gasteiger partial charge in [-0.1, -0.05) is 24.9 Å². The molecule has 1 saturated carbocycles. The molecule has 0 atom stereocenters. The van der Waals surface area contributed by atoms with Gasteiger partial charge in [0.25, 0.3) is 5.89 Å². The van der Waals surface area contributed by atoms with Crippen LogP contribution in [0.25, 0.3) is 11.5 Å². The van der Waals surface area contributed by atoms with Crippen molar-refractivity contribution in [1.82, 2.24) is 10.1 Å². The molecule has 0 aliphatic heterocycles. The molecule has 24 heavy (non-hydrogen) atoms. The molecule has 0 radical (unpaired) electrons. The summed E-state index contributed by atoms with van der Waals surface area (Å²) in [6.07, 6.45) is 4.97. The molecule has 6 heteroatoms. The maximum Gasteiger partial charge on any atom is 0.258 e. The molecule has 1 fully saturated rings. The highest BCUT2D eigenvalue weighted by molar-refractivity contribution is 5.59. The van der Waals surface area contributed by atoms with Crippen LogP contribution in [0.3, 0.4) is 0 Å². The van der Waals surface area contributed by atoms with Crippen LogP contribution >= 0.6 is 0 Å². The van der Waals surface area contributed by atoms with Crippen LogP contribution < -0.4 is 15.2 Å². The van der Waals surface area contributed by atoms with Gasteiger partial charge in [-0.3, -0.25) is 0 Å². The average Bonchev–Trinajstić information content (AvgIpc) is 3.24. The second kappa shape index (κ2) is 7.21. The summed E-state index contributed by atoms with van der Waals surface area (Å²) in [4.78, 5) is 4.53. The van der Waals surface area contributed by atoms with E-state index >= 15 is 0 Å². The Hall–Kier alpha value is -2.08. The summed E-state index contributed by atoms with van der Waals surface area (Å²) in [6.45, 7) is 5.23. The fourth-order valence-corrected chi connectivity index (χ4v) is 3.01. The highest BCUT2D eigenvalue weighted by Gasteiger charge is 2.36. The summed E-state index contributed by atoms with van der Waals surface area (Å²) in [6, 6.07) is 5.67. The Bertz CT molecular complexity index is 678. The molecule has 0 spiro atoms. The zero-order chi connectivity index (χ0) is 17.0. The van der Waals surface area contributed by atoms with E-state index < -0.39 is 5.54 Å². The zero-order valence-corrected chi connectivity index (χ0v) is 14.4. The van der Waals surface area contributed by atoms with Crippen molar-refractivity contribution in [1.29, 1.82) is 0 Å². The van der Waals surface area contributed by atoms with E-state index in [1.165, 1.54) is 0 Å². The zero-order valence-electron chi connectivity index (χ0n) is 14.4. The lowest BCUT2D eigenvalue weighted by Gasteiger charge is -2.17. The topological polar surface area (TPSA) is 83.4 Å². The molecule has 2 N–H and O–H groups in total. The number of nitrogens with zero attached hydrogens (tertiary/aromatic N) is 2. The summed E-state index contributed by atoms with van der Waals surface area (Å²) in [5, 5.41) is 4.11. The van der Waals surface area contributed by atoms with Crippen molar-refractivity contribution in [3.63, 3.8) is 0 Å². The van der Waals surface area contributed by atoms with Crippen molar-refractivity contribution in [2.75, 3.05) is 13.2 Å².